The molecule has 0 saturated carbocycles. The summed E-state index contributed by atoms with van der Waals surface area (Å²) in [4.78, 5) is 23.4. The minimum Gasteiger partial charge on any atom is -0.383 e. The summed E-state index contributed by atoms with van der Waals surface area (Å²) in [6.45, 7) is 7.60. The number of pyridine rings is 1. The number of hydrogen-bond donors (Lipinski definition) is 1. The molecule has 2 fully saturated rings. The molecule has 3 rings (SSSR count). The van der Waals surface area contributed by atoms with Crippen molar-refractivity contribution in [3.8, 4) is 0 Å². The second-order valence-corrected chi connectivity index (χ2v) is 7.33. The lowest BCUT2D eigenvalue weighted by Gasteiger charge is -2.43. The van der Waals surface area contributed by atoms with E-state index in [4.69, 9.17) is 4.74 Å². The molecule has 1 aromatic rings. The number of hydrogen-bond acceptors (Lipinski definition) is 6. The Kier molecular flexibility index (Phi) is 6.11. The quantitative estimate of drug-likeness (QED) is 0.795. The van der Waals surface area contributed by atoms with Crippen LogP contribution in [-0.4, -0.2) is 90.9 Å². The number of amides is 1. The normalized spacial score (nSPS) is 25.0. The summed E-state index contributed by atoms with van der Waals surface area (Å²) in [5, 5.41) is 11.0. The Morgan fingerprint density at radius 2 is 2.04 bits per heavy atom. The molecule has 0 spiro atoms. The number of rotatable bonds is 6. The predicted molar refractivity (Wildman–Crippen MR) is 100 cm³/mol. The van der Waals surface area contributed by atoms with E-state index in [0.29, 0.717) is 32.7 Å². The zero-order chi connectivity index (χ0) is 18.6. The molecule has 0 bridgehead atoms. The first-order valence-electron chi connectivity index (χ1n) is 9.43. The van der Waals surface area contributed by atoms with E-state index in [9.17, 15) is 9.90 Å². The molecular weight excluding hydrogens is 332 g/mol. The third-order valence-electron chi connectivity index (χ3n) is 5.41. The molecule has 1 atom stereocenters. The van der Waals surface area contributed by atoms with Gasteiger partial charge in [-0.05, 0) is 31.4 Å². The Hall–Kier alpha value is -1.70. The van der Waals surface area contributed by atoms with E-state index in [1.807, 2.05) is 12.3 Å². The molecule has 0 unspecified atom stereocenters. The lowest BCUT2D eigenvalue weighted by atomic mass is 9.91. The van der Waals surface area contributed by atoms with Crippen LogP contribution in [-0.2, 0) is 9.53 Å². The highest BCUT2D eigenvalue weighted by Gasteiger charge is 2.43. The molecule has 144 valence electrons. The van der Waals surface area contributed by atoms with Gasteiger partial charge in [0.05, 0.1) is 6.61 Å². The standard InChI is InChI=1S/C19H30N4O3/c1-16-5-3-7-20-17(16)22-11-9-21(10-12-22)15-19(25)6-4-8-23(18(19)24)13-14-26-2/h3,5,7,25H,4,6,8-15H2,1-2H3/t19-/m0/s1. The van der Waals surface area contributed by atoms with Gasteiger partial charge in [0.25, 0.3) is 5.91 Å². The largest absolute Gasteiger partial charge is 0.383 e. The van der Waals surface area contributed by atoms with Crippen molar-refractivity contribution in [2.75, 3.05) is 64.4 Å². The zero-order valence-corrected chi connectivity index (χ0v) is 15.9. The molecule has 26 heavy (non-hydrogen) atoms. The fourth-order valence-corrected chi connectivity index (χ4v) is 3.92. The molecule has 7 heteroatoms. The first kappa shape index (κ1) is 19.1. The van der Waals surface area contributed by atoms with Crippen molar-refractivity contribution in [2.45, 2.75) is 25.4 Å². The molecule has 1 amide bonds. The van der Waals surface area contributed by atoms with Crippen LogP contribution in [0, 0.1) is 6.92 Å². The Balaban J connectivity index is 1.56. The second kappa shape index (κ2) is 8.33. The van der Waals surface area contributed by atoms with Gasteiger partial charge in [0.1, 0.15) is 5.82 Å². The maximum absolute atomic E-state index is 12.7. The van der Waals surface area contributed by atoms with Crippen molar-refractivity contribution in [3.63, 3.8) is 0 Å². The van der Waals surface area contributed by atoms with Crippen molar-refractivity contribution in [3.05, 3.63) is 23.9 Å². The van der Waals surface area contributed by atoms with E-state index in [2.05, 4.69) is 27.8 Å². The molecule has 1 aromatic heterocycles. The number of aryl methyl sites for hydroxylation is 1. The minimum absolute atomic E-state index is 0.149. The fourth-order valence-electron chi connectivity index (χ4n) is 3.92. The van der Waals surface area contributed by atoms with Crippen LogP contribution in [0.3, 0.4) is 0 Å². The Morgan fingerprint density at radius 1 is 1.27 bits per heavy atom. The highest BCUT2D eigenvalue weighted by molar-refractivity contribution is 5.86. The summed E-state index contributed by atoms with van der Waals surface area (Å²) >= 11 is 0. The van der Waals surface area contributed by atoms with E-state index in [-0.39, 0.29) is 5.91 Å². The van der Waals surface area contributed by atoms with Crippen LogP contribution >= 0.6 is 0 Å². The van der Waals surface area contributed by atoms with Gasteiger partial charge >= 0.3 is 0 Å². The highest BCUT2D eigenvalue weighted by Crippen LogP contribution is 2.25. The second-order valence-electron chi connectivity index (χ2n) is 7.33. The van der Waals surface area contributed by atoms with Crippen molar-refractivity contribution in [2.24, 2.45) is 0 Å². The Morgan fingerprint density at radius 3 is 2.73 bits per heavy atom. The van der Waals surface area contributed by atoms with E-state index in [1.165, 1.54) is 5.56 Å². The smallest absolute Gasteiger partial charge is 0.255 e. The number of piperidine rings is 1. The zero-order valence-electron chi connectivity index (χ0n) is 15.9. The number of anilines is 1. The van der Waals surface area contributed by atoms with Crippen LogP contribution in [0.15, 0.2) is 18.3 Å². The van der Waals surface area contributed by atoms with Gasteiger partial charge in [0, 0.05) is 59.1 Å². The van der Waals surface area contributed by atoms with Crippen molar-refractivity contribution < 1.29 is 14.6 Å². The number of aromatic nitrogens is 1. The van der Waals surface area contributed by atoms with Crippen LogP contribution in [0.1, 0.15) is 18.4 Å². The van der Waals surface area contributed by atoms with Gasteiger partial charge in [-0.1, -0.05) is 6.07 Å². The highest BCUT2D eigenvalue weighted by atomic mass is 16.5. The molecule has 2 saturated heterocycles. The number of ether oxygens (including phenoxy) is 1. The summed E-state index contributed by atoms with van der Waals surface area (Å²) in [7, 11) is 1.63. The maximum Gasteiger partial charge on any atom is 0.255 e. The first-order chi connectivity index (χ1) is 12.5. The van der Waals surface area contributed by atoms with Crippen LogP contribution in [0.5, 0.6) is 0 Å². The van der Waals surface area contributed by atoms with Gasteiger partial charge in [-0.2, -0.15) is 0 Å². The molecule has 2 aliphatic rings. The molecule has 0 aliphatic carbocycles. The van der Waals surface area contributed by atoms with Gasteiger partial charge in [0.15, 0.2) is 5.60 Å². The lowest BCUT2D eigenvalue weighted by molar-refractivity contribution is -0.160. The number of β-amino-alcohol motifs (C(OH)–C–C–N with tert-alkyl or cyclic N) is 1. The van der Waals surface area contributed by atoms with Gasteiger partial charge in [-0.25, -0.2) is 4.98 Å². The molecule has 7 nitrogen and oxygen atoms in total. The third kappa shape index (κ3) is 4.16. The minimum atomic E-state index is -1.27. The maximum atomic E-state index is 12.7. The van der Waals surface area contributed by atoms with Crippen molar-refractivity contribution in [1.82, 2.24) is 14.8 Å². The van der Waals surface area contributed by atoms with Crippen molar-refractivity contribution >= 4 is 11.7 Å². The van der Waals surface area contributed by atoms with Crippen LogP contribution in [0.25, 0.3) is 0 Å². The fraction of sp³-hybridized carbons (Fsp3) is 0.684. The first-order valence-corrected chi connectivity index (χ1v) is 9.43. The van der Waals surface area contributed by atoms with Gasteiger partial charge in [-0.15, -0.1) is 0 Å². The number of carbonyl (C=O) groups is 1. The summed E-state index contributed by atoms with van der Waals surface area (Å²) in [6, 6.07) is 4.03. The number of aliphatic hydroxyl groups is 1. The summed E-state index contributed by atoms with van der Waals surface area (Å²) in [6.07, 6.45) is 3.20. The Bertz CT molecular complexity index is 619. The van der Waals surface area contributed by atoms with Gasteiger partial charge in [-0.3, -0.25) is 9.69 Å². The van der Waals surface area contributed by atoms with E-state index in [0.717, 1.165) is 38.4 Å². The van der Waals surface area contributed by atoms with Gasteiger partial charge in [0.2, 0.25) is 0 Å². The van der Waals surface area contributed by atoms with Crippen LogP contribution in [0.4, 0.5) is 5.82 Å². The number of nitrogens with zero attached hydrogens (tertiary/aromatic N) is 4. The Labute approximate surface area is 155 Å². The monoisotopic (exact) mass is 362 g/mol. The molecule has 3 heterocycles. The summed E-state index contributed by atoms with van der Waals surface area (Å²) < 4.78 is 5.08. The third-order valence-corrected chi connectivity index (χ3v) is 5.41. The van der Waals surface area contributed by atoms with E-state index < -0.39 is 5.60 Å². The average Bonchev–Trinajstić information content (AvgIpc) is 2.64. The van der Waals surface area contributed by atoms with Crippen LogP contribution in [0.2, 0.25) is 0 Å². The number of carbonyl (C=O) groups excluding carboxylic acids is 1. The molecule has 2 aliphatic heterocycles. The lowest BCUT2D eigenvalue weighted by Crippen LogP contribution is -2.61. The molecule has 0 aromatic carbocycles. The van der Waals surface area contributed by atoms with Crippen molar-refractivity contribution in [1.29, 1.82) is 0 Å². The predicted octanol–water partition coefficient (Wildman–Crippen LogP) is 0.512. The SMILES string of the molecule is COCCN1CCC[C@](O)(CN2CCN(c3ncccc3C)CC2)C1=O. The number of likely N-dealkylation sites (tertiary alicyclic amines) is 1. The van der Waals surface area contributed by atoms with E-state index >= 15 is 0 Å². The average molecular weight is 362 g/mol. The summed E-state index contributed by atoms with van der Waals surface area (Å²) in [5.41, 5.74) is -0.0921. The number of methoxy groups -OCH3 is 1. The molecular formula is C19H30N4O3. The van der Waals surface area contributed by atoms with Gasteiger partial charge < -0.3 is 19.6 Å². The van der Waals surface area contributed by atoms with E-state index in [1.54, 1.807) is 12.0 Å². The summed E-state index contributed by atoms with van der Waals surface area (Å²) in [5.74, 6) is 0.883. The topological polar surface area (TPSA) is 69.1 Å². The van der Waals surface area contributed by atoms with Crippen LogP contribution < -0.4 is 4.90 Å². The molecule has 1 N–H and O–H groups in total. The molecule has 0 radical (unpaired) electrons. The number of piperazine rings is 1.